The maximum absolute atomic E-state index is 8.42. The molecule has 1 aromatic rings. The highest BCUT2D eigenvalue weighted by Gasteiger charge is 2.01. The Labute approximate surface area is 77.3 Å². The summed E-state index contributed by atoms with van der Waals surface area (Å²) >= 11 is 0. The van der Waals surface area contributed by atoms with Crippen LogP contribution in [0.3, 0.4) is 0 Å². The summed E-state index contributed by atoms with van der Waals surface area (Å²) in [7, 11) is 0. The van der Waals surface area contributed by atoms with Crippen molar-refractivity contribution >= 4 is 0 Å². The third-order valence-corrected chi connectivity index (χ3v) is 1.70. The van der Waals surface area contributed by atoms with Crippen molar-refractivity contribution in [3.05, 3.63) is 18.7 Å². The number of nitriles is 2. The second kappa shape index (κ2) is 4.95. The van der Waals surface area contributed by atoms with Gasteiger partial charge in [-0.1, -0.05) is 0 Å². The van der Waals surface area contributed by atoms with Gasteiger partial charge in [0.05, 0.1) is 12.6 Å². The van der Waals surface area contributed by atoms with Crippen molar-refractivity contribution in [1.82, 2.24) is 4.57 Å². The van der Waals surface area contributed by atoms with E-state index in [-0.39, 0.29) is 0 Å². The zero-order valence-corrected chi connectivity index (χ0v) is 7.35. The molecule has 0 saturated carbocycles. The summed E-state index contributed by atoms with van der Waals surface area (Å²) in [6.45, 7) is 1.22. The second-order valence-corrected chi connectivity index (χ2v) is 2.74. The lowest BCUT2D eigenvalue weighted by Gasteiger charge is -1.90. The van der Waals surface area contributed by atoms with Gasteiger partial charge in [0.25, 0.3) is 0 Å². The van der Waals surface area contributed by atoms with Crippen LogP contribution >= 0.6 is 0 Å². The van der Waals surface area contributed by atoms with Gasteiger partial charge in [-0.2, -0.15) is 10.5 Å². The average Bonchev–Trinajstić information content (AvgIpc) is 2.54. The van der Waals surface area contributed by atoms with Crippen molar-refractivity contribution in [2.45, 2.75) is 25.9 Å². The first-order valence-electron chi connectivity index (χ1n) is 4.15. The normalized spacial score (nSPS) is 9.08. The van der Waals surface area contributed by atoms with Gasteiger partial charge in [-0.05, 0) is 6.42 Å². The third-order valence-electron chi connectivity index (χ3n) is 1.70. The zero-order chi connectivity index (χ0) is 9.52. The first kappa shape index (κ1) is 9.28. The molecule has 1 heterocycles. The molecule has 0 aliphatic rings. The zero-order valence-electron chi connectivity index (χ0n) is 7.35. The fraction of sp³-hybridized carbons (Fsp3) is 0.444. The summed E-state index contributed by atoms with van der Waals surface area (Å²) in [5.41, 5.74) is 0. The minimum absolute atomic E-state index is 0.380. The number of unbranched alkanes of at least 4 members (excludes halogenated alkanes) is 1. The van der Waals surface area contributed by atoms with Gasteiger partial charge < -0.3 is 0 Å². The Morgan fingerprint density at radius 2 is 2.15 bits per heavy atom. The fourth-order valence-corrected chi connectivity index (χ4v) is 1.09. The first-order chi connectivity index (χ1) is 6.36. The van der Waals surface area contributed by atoms with E-state index in [1.165, 1.54) is 0 Å². The maximum atomic E-state index is 8.42. The average molecular weight is 175 g/mol. The molecule has 13 heavy (non-hydrogen) atoms. The highest BCUT2D eigenvalue weighted by molar-refractivity contribution is 4.76. The molecular formula is C9H11N4+. The minimum Gasteiger partial charge on any atom is -0.237 e. The monoisotopic (exact) mass is 175 g/mol. The molecule has 0 atom stereocenters. The van der Waals surface area contributed by atoms with Crippen LogP contribution in [0, 0.1) is 22.7 Å². The van der Waals surface area contributed by atoms with Crippen molar-refractivity contribution in [2.24, 2.45) is 0 Å². The Hall–Kier alpha value is -1.81. The largest absolute Gasteiger partial charge is 0.244 e. The summed E-state index contributed by atoms with van der Waals surface area (Å²) in [4.78, 5) is 0. The van der Waals surface area contributed by atoms with E-state index in [9.17, 15) is 0 Å². The van der Waals surface area contributed by atoms with Gasteiger partial charge in [0, 0.05) is 6.42 Å². The molecule has 0 aromatic carbocycles. The van der Waals surface area contributed by atoms with Crippen molar-refractivity contribution < 1.29 is 4.57 Å². The van der Waals surface area contributed by atoms with E-state index in [4.69, 9.17) is 10.5 Å². The SMILES string of the molecule is N#CCCC[n+]1ccn(CC#N)c1. The highest BCUT2D eigenvalue weighted by Crippen LogP contribution is 1.88. The van der Waals surface area contributed by atoms with E-state index in [1.54, 1.807) is 0 Å². The van der Waals surface area contributed by atoms with E-state index in [0.29, 0.717) is 13.0 Å². The summed E-state index contributed by atoms with van der Waals surface area (Å²) < 4.78 is 3.79. The van der Waals surface area contributed by atoms with E-state index < -0.39 is 0 Å². The van der Waals surface area contributed by atoms with Crippen molar-refractivity contribution in [1.29, 1.82) is 10.5 Å². The van der Waals surface area contributed by atoms with Crippen LogP contribution in [0.4, 0.5) is 0 Å². The van der Waals surface area contributed by atoms with Crippen LogP contribution in [0.25, 0.3) is 0 Å². The van der Waals surface area contributed by atoms with E-state index in [0.717, 1.165) is 13.0 Å². The quantitative estimate of drug-likeness (QED) is 0.497. The Bertz CT molecular complexity index is 339. The molecule has 1 aromatic heterocycles. The van der Waals surface area contributed by atoms with E-state index in [2.05, 4.69) is 12.1 Å². The summed E-state index contributed by atoms with van der Waals surface area (Å²) in [6, 6.07) is 4.16. The highest BCUT2D eigenvalue weighted by atomic mass is 15.1. The van der Waals surface area contributed by atoms with E-state index in [1.807, 2.05) is 27.9 Å². The lowest BCUT2D eigenvalue weighted by Crippen LogP contribution is -2.30. The molecule has 0 saturated heterocycles. The predicted octanol–water partition coefficient (Wildman–Crippen LogP) is 0.603. The molecule has 4 heteroatoms. The van der Waals surface area contributed by atoms with Crippen LogP contribution in [0.2, 0.25) is 0 Å². The molecule has 4 nitrogen and oxygen atoms in total. The molecule has 0 unspecified atom stereocenters. The van der Waals surface area contributed by atoms with Crippen molar-refractivity contribution in [3.8, 4) is 12.1 Å². The van der Waals surface area contributed by atoms with Gasteiger partial charge in [0.15, 0.2) is 6.54 Å². The van der Waals surface area contributed by atoms with E-state index >= 15 is 0 Å². The Kier molecular flexibility index (Phi) is 3.53. The molecule has 0 aliphatic carbocycles. The van der Waals surface area contributed by atoms with Gasteiger partial charge in [-0.25, -0.2) is 9.13 Å². The molecule has 0 spiro atoms. The van der Waals surface area contributed by atoms with Gasteiger partial charge in [-0.15, -0.1) is 0 Å². The lowest BCUT2D eigenvalue weighted by atomic mass is 10.3. The molecule has 0 fully saturated rings. The smallest absolute Gasteiger partial charge is 0.237 e. The summed E-state index contributed by atoms with van der Waals surface area (Å²) in [6.07, 6.45) is 7.08. The molecule has 0 aliphatic heterocycles. The molecule has 1 rings (SSSR count). The fourth-order valence-electron chi connectivity index (χ4n) is 1.09. The third kappa shape index (κ3) is 2.96. The Balaban J connectivity index is 2.41. The number of aryl methyl sites for hydroxylation is 1. The van der Waals surface area contributed by atoms with Crippen LogP contribution in [-0.2, 0) is 13.1 Å². The number of aromatic nitrogens is 2. The van der Waals surface area contributed by atoms with Gasteiger partial charge in [0.2, 0.25) is 6.33 Å². The second-order valence-electron chi connectivity index (χ2n) is 2.74. The van der Waals surface area contributed by atoms with Crippen LogP contribution in [0.5, 0.6) is 0 Å². The number of rotatable bonds is 4. The molecule has 0 bridgehead atoms. The standard InChI is InChI=1S/C9H11N4/c10-3-1-2-5-12-7-8-13(9-12)6-4-11/h7-9H,1-2,5-6H2/q+1. The van der Waals surface area contributed by atoms with Crippen LogP contribution < -0.4 is 4.57 Å². The first-order valence-corrected chi connectivity index (χ1v) is 4.15. The van der Waals surface area contributed by atoms with Crippen molar-refractivity contribution in [2.75, 3.05) is 0 Å². The topological polar surface area (TPSA) is 56.4 Å². The Morgan fingerprint density at radius 1 is 1.31 bits per heavy atom. The number of nitrogens with zero attached hydrogens (tertiary/aromatic N) is 4. The maximum Gasteiger partial charge on any atom is 0.244 e. The Morgan fingerprint density at radius 3 is 2.85 bits per heavy atom. The lowest BCUT2D eigenvalue weighted by molar-refractivity contribution is -0.696. The molecule has 66 valence electrons. The van der Waals surface area contributed by atoms with Crippen LogP contribution in [0.15, 0.2) is 18.7 Å². The summed E-state index contributed by atoms with van der Waals surface area (Å²) in [5.74, 6) is 0. The number of hydrogen-bond donors (Lipinski definition) is 0. The van der Waals surface area contributed by atoms with Gasteiger partial charge in [-0.3, -0.25) is 0 Å². The molecule has 0 radical (unpaired) electrons. The molecule has 0 N–H and O–H groups in total. The number of imidazole rings is 1. The van der Waals surface area contributed by atoms with Crippen molar-refractivity contribution in [3.63, 3.8) is 0 Å². The summed E-state index contributed by atoms with van der Waals surface area (Å²) in [5, 5.41) is 16.7. The number of hydrogen-bond acceptors (Lipinski definition) is 2. The minimum atomic E-state index is 0.380. The van der Waals surface area contributed by atoms with Crippen LogP contribution in [0.1, 0.15) is 12.8 Å². The molecule has 0 amide bonds. The van der Waals surface area contributed by atoms with Gasteiger partial charge >= 0.3 is 0 Å². The predicted molar refractivity (Wildman–Crippen MR) is 45.1 cm³/mol. The van der Waals surface area contributed by atoms with Crippen LogP contribution in [-0.4, -0.2) is 4.57 Å². The van der Waals surface area contributed by atoms with Gasteiger partial charge in [0.1, 0.15) is 18.5 Å². The molecular weight excluding hydrogens is 164 g/mol.